The Morgan fingerprint density at radius 1 is 1.26 bits per heavy atom. The zero-order valence-electron chi connectivity index (χ0n) is 13.2. The van der Waals surface area contributed by atoms with E-state index in [0.717, 1.165) is 12.0 Å². The normalized spacial score (nSPS) is 19.4. The molecule has 0 saturated heterocycles. The van der Waals surface area contributed by atoms with Gasteiger partial charge in [-0.3, -0.25) is 4.79 Å². The van der Waals surface area contributed by atoms with Crippen molar-refractivity contribution in [1.29, 1.82) is 0 Å². The molecule has 2 atom stereocenters. The molecule has 1 fully saturated rings. The van der Waals surface area contributed by atoms with Crippen molar-refractivity contribution < 1.29 is 14.7 Å². The van der Waals surface area contributed by atoms with Gasteiger partial charge in [0.15, 0.2) is 0 Å². The molecule has 1 heterocycles. The second-order valence-electron chi connectivity index (χ2n) is 6.11. The van der Waals surface area contributed by atoms with Crippen LogP contribution in [-0.4, -0.2) is 28.9 Å². The molecule has 1 aromatic carbocycles. The lowest BCUT2D eigenvalue weighted by Crippen LogP contribution is -2.28. The van der Waals surface area contributed by atoms with Crippen LogP contribution in [0, 0.1) is 12.8 Å². The number of carboxylic acid groups (broad SMARTS) is 1. The van der Waals surface area contributed by atoms with Gasteiger partial charge in [0.2, 0.25) is 5.91 Å². The predicted molar refractivity (Wildman–Crippen MR) is 89.8 cm³/mol. The highest BCUT2D eigenvalue weighted by Gasteiger charge is 2.46. The highest BCUT2D eigenvalue weighted by atomic mass is 32.1. The number of nitrogens with zero attached hydrogens (tertiary/aromatic N) is 1. The lowest BCUT2D eigenvalue weighted by molar-refractivity contribution is -0.131. The lowest BCUT2D eigenvalue weighted by atomic mass is 10.1. The van der Waals surface area contributed by atoms with Crippen LogP contribution in [0.2, 0.25) is 0 Å². The van der Waals surface area contributed by atoms with Crippen molar-refractivity contribution in [3.63, 3.8) is 0 Å². The van der Waals surface area contributed by atoms with E-state index >= 15 is 0 Å². The Morgan fingerprint density at radius 2 is 1.96 bits per heavy atom. The summed E-state index contributed by atoms with van der Waals surface area (Å²) in [6.45, 7) is 2.60. The van der Waals surface area contributed by atoms with Gasteiger partial charge in [0, 0.05) is 30.3 Å². The Kier molecular flexibility index (Phi) is 4.22. The van der Waals surface area contributed by atoms with Crippen LogP contribution in [0.25, 0.3) is 0 Å². The highest BCUT2D eigenvalue weighted by Crippen LogP contribution is 2.51. The van der Waals surface area contributed by atoms with Gasteiger partial charge in [-0.1, -0.05) is 12.1 Å². The van der Waals surface area contributed by atoms with E-state index in [1.807, 2.05) is 7.05 Å². The van der Waals surface area contributed by atoms with Crippen molar-refractivity contribution in [2.24, 2.45) is 5.92 Å². The minimum atomic E-state index is -0.937. The molecule has 1 aliphatic carbocycles. The molecule has 0 spiro atoms. The second kappa shape index (κ2) is 6.16. The van der Waals surface area contributed by atoms with E-state index in [-0.39, 0.29) is 17.4 Å². The molecule has 3 rings (SSSR count). The van der Waals surface area contributed by atoms with E-state index in [9.17, 15) is 9.59 Å². The number of rotatable bonds is 5. The van der Waals surface area contributed by atoms with Crippen LogP contribution in [0.3, 0.4) is 0 Å². The number of thiophene rings is 1. The number of aryl methyl sites for hydroxylation is 1. The van der Waals surface area contributed by atoms with Crippen molar-refractivity contribution in [2.45, 2.75) is 25.8 Å². The van der Waals surface area contributed by atoms with Crippen molar-refractivity contribution in [1.82, 2.24) is 4.90 Å². The number of amides is 1. The number of carboxylic acids is 1. The first-order valence-electron chi connectivity index (χ1n) is 7.58. The Balaban J connectivity index is 1.60. The summed E-state index contributed by atoms with van der Waals surface area (Å²) in [4.78, 5) is 26.5. The summed E-state index contributed by atoms with van der Waals surface area (Å²) in [5.41, 5.74) is 2.48. The van der Waals surface area contributed by atoms with Crippen LogP contribution >= 0.6 is 11.3 Å². The number of hydrogen-bond donors (Lipinski definition) is 1. The van der Waals surface area contributed by atoms with E-state index in [2.05, 4.69) is 18.4 Å². The molecule has 1 saturated carbocycles. The summed E-state index contributed by atoms with van der Waals surface area (Å²) in [5.74, 6) is -0.298. The minimum Gasteiger partial charge on any atom is -0.478 e. The Morgan fingerprint density at radius 3 is 2.52 bits per heavy atom. The third kappa shape index (κ3) is 3.29. The van der Waals surface area contributed by atoms with Crippen LogP contribution < -0.4 is 0 Å². The Labute approximate surface area is 139 Å². The smallest absolute Gasteiger partial charge is 0.335 e. The van der Waals surface area contributed by atoms with E-state index in [0.29, 0.717) is 12.5 Å². The average molecular weight is 329 g/mol. The molecule has 4 nitrogen and oxygen atoms in total. The summed E-state index contributed by atoms with van der Waals surface area (Å²) < 4.78 is 0. The molecular formula is C18H19NO3S. The number of aromatic carboxylic acids is 1. The van der Waals surface area contributed by atoms with Crippen LogP contribution in [-0.2, 0) is 11.3 Å². The number of benzene rings is 1. The predicted octanol–water partition coefficient (Wildman–Crippen LogP) is 3.52. The van der Waals surface area contributed by atoms with Crippen molar-refractivity contribution in [3.8, 4) is 0 Å². The Hall–Kier alpha value is -2.14. The van der Waals surface area contributed by atoms with Gasteiger partial charge < -0.3 is 10.0 Å². The monoisotopic (exact) mass is 329 g/mol. The molecule has 1 N–H and O–H groups in total. The topological polar surface area (TPSA) is 57.6 Å². The number of carbonyl (C=O) groups is 2. The van der Waals surface area contributed by atoms with Crippen molar-refractivity contribution in [3.05, 3.63) is 57.3 Å². The molecule has 1 amide bonds. The third-order valence-electron chi connectivity index (χ3n) is 4.34. The molecule has 23 heavy (non-hydrogen) atoms. The molecule has 0 aliphatic heterocycles. The lowest BCUT2D eigenvalue weighted by Gasteiger charge is -2.17. The summed E-state index contributed by atoms with van der Waals surface area (Å²) >= 11 is 1.73. The zero-order valence-corrected chi connectivity index (χ0v) is 14.0. The van der Waals surface area contributed by atoms with Gasteiger partial charge in [0.05, 0.1) is 5.56 Å². The first kappa shape index (κ1) is 15.7. The fourth-order valence-electron chi connectivity index (χ4n) is 2.91. The maximum absolute atomic E-state index is 12.5. The fraction of sp³-hybridized carbons (Fsp3) is 0.333. The number of hydrogen-bond acceptors (Lipinski definition) is 3. The maximum Gasteiger partial charge on any atom is 0.335 e. The largest absolute Gasteiger partial charge is 0.478 e. The minimum absolute atomic E-state index is 0.0932. The average Bonchev–Trinajstić information content (AvgIpc) is 3.21. The highest BCUT2D eigenvalue weighted by molar-refractivity contribution is 7.10. The van der Waals surface area contributed by atoms with E-state index < -0.39 is 5.97 Å². The van der Waals surface area contributed by atoms with Gasteiger partial charge in [0.1, 0.15) is 0 Å². The first-order chi connectivity index (χ1) is 11.0. The standard InChI is InChI=1S/C18H19NO3S/c1-11-7-8-23-16(11)14-9-15(14)17(20)19(2)10-12-3-5-13(6-4-12)18(21)22/h3-8,14-15H,9-10H2,1-2H3,(H,21,22)/t14-,15-/m1/s1. The van der Waals surface area contributed by atoms with Crippen LogP contribution in [0.1, 0.15) is 38.7 Å². The maximum atomic E-state index is 12.5. The van der Waals surface area contributed by atoms with Crippen LogP contribution in [0.15, 0.2) is 35.7 Å². The molecule has 2 aromatic rings. The van der Waals surface area contributed by atoms with E-state index in [1.165, 1.54) is 10.4 Å². The van der Waals surface area contributed by atoms with Gasteiger partial charge in [-0.15, -0.1) is 11.3 Å². The molecule has 0 bridgehead atoms. The summed E-state index contributed by atoms with van der Waals surface area (Å²) in [6, 6.07) is 8.78. The molecule has 0 radical (unpaired) electrons. The summed E-state index contributed by atoms with van der Waals surface area (Å²) in [5, 5.41) is 11.0. The quantitative estimate of drug-likeness (QED) is 0.913. The molecule has 1 aliphatic rings. The molecule has 1 aromatic heterocycles. The van der Waals surface area contributed by atoms with Crippen molar-refractivity contribution in [2.75, 3.05) is 7.05 Å². The first-order valence-corrected chi connectivity index (χ1v) is 8.46. The SMILES string of the molecule is Cc1ccsc1[C@@H]1C[C@H]1C(=O)N(C)Cc1ccc(C(=O)O)cc1. The molecule has 5 heteroatoms. The molecule has 120 valence electrons. The van der Waals surface area contributed by atoms with Gasteiger partial charge in [-0.25, -0.2) is 4.79 Å². The summed E-state index contributed by atoms with van der Waals surface area (Å²) in [6.07, 6.45) is 0.933. The number of carbonyl (C=O) groups excluding carboxylic acids is 1. The summed E-state index contributed by atoms with van der Waals surface area (Å²) in [7, 11) is 1.81. The molecule has 0 unspecified atom stereocenters. The Bertz CT molecular complexity index is 735. The molecular weight excluding hydrogens is 310 g/mol. The van der Waals surface area contributed by atoms with Crippen LogP contribution in [0.5, 0.6) is 0 Å². The van der Waals surface area contributed by atoms with Gasteiger partial charge >= 0.3 is 5.97 Å². The van der Waals surface area contributed by atoms with E-state index in [4.69, 9.17) is 5.11 Å². The van der Waals surface area contributed by atoms with Gasteiger partial charge in [-0.05, 0) is 48.1 Å². The third-order valence-corrected chi connectivity index (χ3v) is 5.49. The van der Waals surface area contributed by atoms with Gasteiger partial charge in [0.25, 0.3) is 0 Å². The van der Waals surface area contributed by atoms with Crippen LogP contribution in [0.4, 0.5) is 0 Å². The fourth-order valence-corrected chi connectivity index (χ4v) is 4.02. The second-order valence-corrected chi connectivity index (χ2v) is 7.06. The zero-order chi connectivity index (χ0) is 16.6. The van der Waals surface area contributed by atoms with Gasteiger partial charge in [-0.2, -0.15) is 0 Å². The van der Waals surface area contributed by atoms with Crippen molar-refractivity contribution >= 4 is 23.2 Å². The van der Waals surface area contributed by atoms with E-state index in [1.54, 1.807) is 40.5 Å².